The maximum absolute atomic E-state index is 11.5. The molecule has 0 spiro atoms. The van der Waals surface area contributed by atoms with Crippen LogP contribution < -0.4 is 0 Å². The van der Waals surface area contributed by atoms with Gasteiger partial charge in [0, 0.05) is 34.4 Å². The first-order valence-corrected chi connectivity index (χ1v) is 11.4. The number of carboxylic acid groups (broad SMARTS) is 1. The van der Waals surface area contributed by atoms with E-state index in [-0.39, 0.29) is 12.4 Å². The van der Waals surface area contributed by atoms with Gasteiger partial charge in [-0.05, 0) is 47.5 Å². The van der Waals surface area contributed by atoms with Gasteiger partial charge in [-0.1, -0.05) is 53.0 Å². The summed E-state index contributed by atoms with van der Waals surface area (Å²) >= 11 is 20.2. The number of halogens is 3. The number of rotatable bonds is 9. The summed E-state index contributed by atoms with van der Waals surface area (Å²) in [6.07, 6.45) is 3.50. The monoisotopic (exact) mass is 493 g/mol. The van der Waals surface area contributed by atoms with Crippen molar-refractivity contribution < 1.29 is 14.6 Å². The number of carboxylic acids is 1. The molecule has 0 aliphatic rings. The Morgan fingerprint density at radius 2 is 1.81 bits per heavy atom. The molecule has 0 saturated heterocycles. The van der Waals surface area contributed by atoms with Gasteiger partial charge >= 0.3 is 5.97 Å². The van der Waals surface area contributed by atoms with Gasteiger partial charge in [-0.15, -0.1) is 11.8 Å². The zero-order chi connectivity index (χ0) is 22.2. The fourth-order valence-corrected chi connectivity index (χ4v) is 4.67. The third kappa shape index (κ3) is 6.91. The van der Waals surface area contributed by atoms with Crippen LogP contribution in [0.4, 0.5) is 0 Å². The van der Waals surface area contributed by atoms with Crippen LogP contribution in [-0.4, -0.2) is 22.7 Å². The number of thioether (sulfide) groups is 1. The van der Waals surface area contributed by atoms with Crippen LogP contribution in [0.3, 0.4) is 0 Å². The summed E-state index contributed by atoms with van der Waals surface area (Å²) in [7, 11) is 0. The molecule has 0 fully saturated rings. The quantitative estimate of drug-likeness (QED) is 0.197. The molecule has 0 atom stereocenters. The number of aliphatic carboxylic acids is 1. The van der Waals surface area contributed by atoms with Gasteiger partial charge in [0.25, 0.3) is 0 Å². The van der Waals surface area contributed by atoms with Crippen LogP contribution in [0.5, 0.6) is 0 Å². The largest absolute Gasteiger partial charge is 0.486 e. The molecule has 31 heavy (non-hydrogen) atoms. The van der Waals surface area contributed by atoms with Crippen molar-refractivity contribution in [3.63, 3.8) is 0 Å². The third-order valence-electron chi connectivity index (χ3n) is 4.27. The normalized spacial score (nSPS) is 11.4. The second kappa shape index (κ2) is 11.4. The molecule has 0 amide bonds. The Hall–Kier alpha value is -2.18. The van der Waals surface area contributed by atoms with Crippen molar-refractivity contribution in [2.75, 3.05) is 6.61 Å². The number of pyridine rings is 1. The van der Waals surface area contributed by atoms with Gasteiger partial charge in [-0.2, -0.15) is 0 Å². The van der Waals surface area contributed by atoms with E-state index in [4.69, 9.17) is 39.5 Å². The zero-order valence-corrected chi connectivity index (χ0v) is 19.3. The molecular formula is C23H18Cl3NO3S. The number of nitrogens with zero attached hydrogens (tertiary/aromatic N) is 1. The predicted octanol–water partition coefficient (Wildman–Crippen LogP) is 7.02. The molecule has 3 rings (SSSR count). The van der Waals surface area contributed by atoms with Gasteiger partial charge in [-0.3, -0.25) is 4.98 Å². The minimum atomic E-state index is -1.15. The number of hydrogen-bond acceptors (Lipinski definition) is 4. The van der Waals surface area contributed by atoms with Crippen LogP contribution in [-0.2, 0) is 21.7 Å². The van der Waals surface area contributed by atoms with Gasteiger partial charge in [-0.25, -0.2) is 4.79 Å². The summed E-state index contributed by atoms with van der Waals surface area (Å²) in [5.74, 6) is -0.702. The number of aromatic nitrogens is 1. The minimum Gasteiger partial charge on any atom is -0.486 e. The number of carbonyl (C=O) groups is 1. The highest BCUT2D eigenvalue weighted by Gasteiger charge is 2.12. The molecule has 0 radical (unpaired) electrons. The molecule has 0 unspecified atom stereocenters. The van der Waals surface area contributed by atoms with E-state index in [1.165, 1.54) is 17.8 Å². The number of ether oxygens (including phenoxy) is 1. The molecule has 4 nitrogen and oxygen atoms in total. The second-order valence-corrected chi connectivity index (χ2v) is 8.66. The lowest BCUT2D eigenvalue weighted by atomic mass is 10.1. The molecule has 0 saturated carbocycles. The smallest absolute Gasteiger partial charge is 0.371 e. The molecule has 0 aliphatic heterocycles. The summed E-state index contributed by atoms with van der Waals surface area (Å²) < 4.78 is 5.54. The van der Waals surface area contributed by atoms with Crippen molar-refractivity contribution in [2.24, 2.45) is 0 Å². The van der Waals surface area contributed by atoms with E-state index in [0.29, 0.717) is 32.9 Å². The van der Waals surface area contributed by atoms with Crippen LogP contribution in [0.1, 0.15) is 16.8 Å². The first kappa shape index (κ1) is 23.5. The van der Waals surface area contributed by atoms with Crippen LogP contribution in [0.2, 0.25) is 15.1 Å². The molecule has 160 valence electrons. The Morgan fingerprint density at radius 3 is 2.48 bits per heavy atom. The van der Waals surface area contributed by atoms with E-state index in [0.717, 1.165) is 16.0 Å². The van der Waals surface area contributed by atoms with E-state index >= 15 is 0 Å². The van der Waals surface area contributed by atoms with Crippen molar-refractivity contribution in [1.82, 2.24) is 4.98 Å². The van der Waals surface area contributed by atoms with Crippen LogP contribution in [0.25, 0.3) is 6.08 Å². The summed E-state index contributed by atoms with van der Waals surface area (Å²) in [4.78, 5) is 16.4. The van der Waals surface area contributed by atoms with E-state index in [1.54, 1.807) is 48.7 Å². The average molecular weight is 495 g/mol. The maximum Gasteiger partial charge on any atom is 0.371 e. The van der Waals surface area contributed by atoms with Crippen LogP contribution in [0, 0.1) is 0 Å². The van der Waals surface area contributed by atoms with Gasteiger partial charge in [0.15, 0.2) is 0 Å². The standard InChI is InChI=1S/C23H18Cl3NO3S/c24-17-8-7-15(16(12-17)14-31-22-19(25)5-3-6-20(22)26)9-11-30-21(23(28)29)13-18-4-1-2-10-27-18/h1-8,10,12-13H,9,11,14H2,(H,28,29). The van der Waals surface area contributed by atoms with E-state index in [1.807, 2.05) is 12.1 Å². The first-order valence-electron chi connectivity index (χ1n) is 9.27. The lowest BCUT2D eigenvalue weighted by molar-refractivity contribution is -0.136. The lowest BCUT2D eigenvalue weighted by Crippen LogP contribution is -2.08. The molecule has 3 aromatic rings. The predicted molar refractivity (Wildman–Crippen MR) is 127 cm³/mol. The summed E-state index contributed by atoms with van der Waals surface area (Å²) in [6, 6.07) is 16.2. The number of hydrogen-bond donors (Lipinski definition) is 1. The van der Waals surface area contributed by atoms with Crippen molar-refractivity contribution in [2.45, 2.75) is 17.1 Å². The van der Waals surface area contributed by atoms with E-state index in [2.05, 4.69) is 4.98 Å². The van der Waals surface area contributed by atoms with Gasteiger partial charge < -0.3 is 9.84 Å². The summed E-state index contributed by atoms with van der Waals surface area (Å²) in [6.45, 7) is 0.192. The maximum atomic E-state index is 11.5. The third-order valence-corrected chi connectivity index (χ3v) is 6.54. The Morgan fingerprint density at radius 1 is 1.03 bits per heavy atom. The Balaban J connectivity index is 1.69. The van der Waals surface area contributed by atoms with E-state index in [9.17, 15) is 9.90 Å². The lowest BCUT2D eigenvalue weighted by Gasteiger charge is -2.13. The molecule has 8 heteroatoms. The first-order chi connectivity index (χ1) is 14.9. The SMILES string of the molecule is O=C(O)C(=Cc1ccccn1)OCCc1ccc(Cl)cc1CSc1c(Cl)cccc1Cl. The highest BCUT2D eigenvalue weighted by Crippen LogP contribution is 2.36. The van der Waals surface area contributed by atoms with Crippen molar-refractivity contribution in [3.05, 3.63) is 98.4 Å². The molecule has 2 aromatic carbocycles. The highest BCUT2D eigenvalue weighted by molar-refractivity contribution is 7.98. The fraction of sp³-hybridized carbons (Fsp3) is 0.130. The molecular weight excluding hydrogens is 477 g/mol. The molecule has 0 bridgehead atoms. The topological polar surface area (TPSA) is 59.4 Å². The van der Waals surface area contributed by atoms with Crippen molar-refractivity contribution in [3.8, 4) is 0 Å². The van der Waals surface area contributed by atoms with Gasteiger partial charge in [0.05, 0.1) is 22.3 Å². The average Bonchev–Trinajstić information content (AvgIpc) is 2.74. The summed E-state index contributed by atoms with van der Waals surface area (Å²) in [5, 5.41) is 11.2. The van der Waals surface area contributed by atoms with Gasteiger partial charge in [0.2, 0.25) is 5.76 Å². The molecule has 0 aliphatic carbocycles. The summed E-state index contributed by atoms with van der Waals surface area (Å²) in [5.41, 5.74) is 2.52. The Bertz CT molecular complexity index is 1070. The van der Waals surface area contributed by atoms with Crippen LogP contribution >= 0.6 is 46.6 Å². The Labute approximate surface area is 199 Å². The molecule has 1 heterocycles. The molecule has 1 N–H and O–H groups in total. The minimum absolute atomic E-state index is 0.161. The second-order valence-electron chi connectivity index (χ2n) is 6.42. The molecule has 1 aromatic heterocycles. The van der Waals surface area contributed by atoms with E-state index < -0.39 is 5.97 Å². The highest BCUT2D eigenvalue weighted by atomic mass is 35.5. The van der Waals surface area contributed by atoms with Crippen LogP contribution in [0.15, 0.2) is 71.4 Å². The fourth-order valence-electron chi connectivity index (χ4n) is 2.77. The zero-order valence-electron chi connectivity index (χ0n) is 16.2. The van der Waals surface area contributed by atoms with Gasteiger partial charge in [0.1, 0.15) is 0 Å². The van der Waals surface area contributed by atoms with Crippen molar-refractivity contribution >= 4 is 58.6 Å². The number of benzene rings is 2. The Kier molecular flexibility index (Phi) is 8.67. The van der Waals surface area contributed by atoms with Crippen molar-refractivity contribution in [1.29, 1.82) is 0 Å².